The first kappa shape index (κ1) is 23.2. The number of benzene rings is 4. The standard InChI is InChI=1S/2C17H14P.2C5H4.2ClH.2Fe.Ni/c2*1-3-9-15(10-4-1)18(17-13-7-8-14-17)16-11-5-2-6-12-16;2*1-2-4-5-3-1;;;;;/h2*1-14H;2*1-4H;2*1H;;;/q;;;;;;;;+2/p-2. The van der Waals surface area contributed by atoms with Gasteiger partial charge in [0.1, 0.15) is 0 Å². The molecule has 262 valence electrons. The summed E-state index contributed by atoms with van der Waals surface area (Å²) in [6, 6.07) is 48.7. The van der Waals surface area contributed by atoms with E-state index in [4.69, 9.17) is 0 Å². The van der Waals surface area contributed by atoms with Crippen molar-refractivity contribution >= 4 is 57.4 Å². The Morgan fingerprint density at radius 3 is 0.824 bits per heavy atom. The van der Waals surface area contributed by atoms with E-state index in [0.29, 0.717) is 6.57 Å². The summed E-state index contributed by atoms with van der Waals surface area (Å²) >= 11 is 0. The zero-order valence-corrected chi connectivity index (χ0v) is 34.0. The molecule has 0 radical (unpaired) electrons. The Hall–Kier alpha value is -0.148. The molecule has 16 atom stereocenters. The van der Waals surface area contributed by atoms with Crippen LogP contribution in [0, 0.1) is 0 Å². The molecule has 20 saturated heterocycles. The van der Waals surface area contributed by atoms with Crippen LogP contribution in [0.15, 0.2) is 121 Å². The van der Waals surface area contributed by atoms with Crippen LogP contribution in [0.2, 0.25) is 83.6 Å². The molecule has 0 amide bonds. The summed E-state index contributed by atoms with van der Waals surface area (Å²) in [4.78, 5) is 19.1. The zero-order valence-electron chi connectivity index (χ0n) is 27.5. The Morgan fingerprint density at radius 2 is 0.608 bits per heavy atom. The summed E-state index contributed by atoms with van der Waals surface area (Å²) < 4.78 is 2.60. The number of fused-ring (bicyclic) bond motifs is 20. The van der Waals surface area contributed by atoms with Crippen LogP contribution in [0.1, 0.15) is 0 Å². The van der Waals surface area contributed by atoms with Crippen molar-refractivity contribution in [2.24, 2.45) is 0 Å². The molecule has 0 N–H and O–H groups in total. The van der Waals surface area contributed by atoms with Crippen molar-refractivity contribution in [3.05, 3.63) is 121 Å². The van der Waals surface area contributed by atoms with Gasteiger partial charge in [-0.2, -0.15) is 0 Å². The third kappa shape index (κ3) is 0.407. The minimum atomic E-state index is -4.15. The Kier molecular flexibility index (Phi) is 1.28. The van der Waals surface area contributed by atoms with Gasteiger partial charge in [-0.25, -0.2) is 0 Å². The molecule has 0 aliphatic carbocycles. The molecule has 4 aromatic carbocycles. The van der Waals surface area contributed by atoms with Gasteiger partial charge in [0, 0.05) is 0 Å². The fraction of sp³-hybridized carbons (Fsp3) is 0.455. The van der Waals surface area contributed by atoms with Gasteiger partial charge >= 0.3 is 294 Å². The summed E-state index contributed by atoms with van der Waals surface area (Å²) in [6.07, 6.45) is 0. The molecule has 0 saturated carbocycles. The van der Waals surface area contributed by atoms with Crippen LogP contribution in [0.5, 0.6) is 0 Å². The molecule has 20 aliphatic heterocycles. The number of halogens is 2. The third-order valence-electron chi connectivity index (χ3n) is 34.3. The van der Waals surface area contributed by atoms with E-state index in [-0.39, 0.29) is 15.8 Å². The van der Waals surface area contributed by atoms with Gasteiger partial charge in [-0.1, -0.05) is 0 Å². The Bertz CT molecular complexity index is 3300. The van der Waals surface area contributed by atoms with E-state index in [9.17, 15) is 20.4 Å². The Balaban J connectivity index is 0.812. The van der Waals surface area contributed by atoms with Crippen molar-refractivity contribution in [1.29, 1.82) is 0 Å². The molecule has 16 unspecified atom stereocenters. The molecule has 4 aromatic rings. The van der Waals surface area contributed by atoms with Gasteiger partial charge in [0.2, 0.25) is 0 Å². The van der Waals surface area contributed by atoms with Crippen LogP contribution < -0.4 is 21.2 Å². The van der Waals surface area contributed by atoms with E-state index in [2.05, 4.69) is 121 Å². The van der Waals surface area contributed by atoms with Crippen LogP contribution in [0.4, 0.5) is 0 Å². The quantitative estimate of drug-likeness (QED) is 0.122. The van der Waals surface area contributed by atoms with Gasteiger partial charge in [0.25, 0.3) is 0 Å². The second-order valence-corrected chi connectivity index (χ2v) is 84.6. The second-order valence-electron chi connectivity index (χ2n) is 25.6. The van der Waals surface area contributed by atoms with Crippen LogP contribution in [0.3, 0.4) is 0 Å². The maximum absolute atomic E-state index is 9.21. The van der Waals surface area contributed by atoms with Crippen molar-refractivity contribution in [3.63, 3.8) is 0 Å². The molecule has 20 fully saturated rings. The summed E-state index contributed by atoms with van der Waals surface area (Å²) in [7, 11) is 15.9. The average molecular weight is 868 g/mol. The molecule has 20 aliphatic rings. The number of hydrogen-bond acceptors (Lipinski definition) is 0. The molecule has 0 nitrogen and oxygen atoms in total. The third-order valence-corrected chi connectivity index (χ3v) is 150. The van der Waals surface area contributed by atoms with Gasteiger partial charge in [0.05, 0.1) is 0 Å². The molecule has 0 bridgehead atoms. The predicted molar refractivity (Wildman–Crippen MR) is 201 cm³/mol. The van der Waals surface area contributed by atoms with Crippen LogP contribution in [-0.4, -0.2) is 8.11 Å². The van der Waals surface area contributed by atoms with E-state index in [1.54, 1.807) is 21.2 Å². The fourth-order valence-corrected chi connectivity index (χ4v) is 266. The normalized spacial score (nSPS) is 87.3. The molecule has 7 heteroatoms. The first-order chi connectivity index (χ1) is 24.5. The molecular weight excluding hydrogens is 832 g/mol. The van der Waals surface area contributed by atoms with Gasteiger partial charge in [-0.05, 0) is 0 Å². The summed E-state index contributed by atoms with van der Waals surface area (Å²) in [5.41, 5.74) is 0. The SMILES string of the molecule is [Cl][Ni]([Cl])([C]12[CH]3[CH]4[CH]5[CH]1[Fe]45321678[CH]2[CH]1[CH]6[C]7(P(c1ccccc1)c1ccccc1)[CH]28)[C]12[CH]3[CH]4[CH]5[CH]1[Fe]45321678[CH]2[CH]1[CH]6[C]7(P(c1ccccc1)c1ccccc1)[CH]28. The first-order valence-electron chi connectivity index (χ1n) is 19.8. The first-order valence-corrected chi connectivity index (χ1v) is 38.6. The molecule has 20 heterocycles. The van der Waals surface area contributed by atoms with Crippen molar-refractivity contribution in [2.45, 2.75) is 91.7 Å². The second kappa shape index (κ2) is 2.81. The number of hydrogen-bond donors (Lipinski definition) is 0. The molecule has 0 aromatic heterocycles. The van der Waals surface area contributed by atoms with Crippen LogP contribution >= 0.6 is 36.2 Å². The fourth-order valence-electron chi connectivity index (χ4n) is 37.9. The predicted octanol–water partition coefficient (Wildman–Crippen LogP) is 12.0. The summed E-state index contributed by atoms with van der Waals surface area (Å²) in [5.74, 6) is 0. The molecule has 2 spiro atoms. The van der Waals surface area contributed by atoms with Crippen molar-refractivity contribution in [1.82, 2.24) is 0 Å². The molecular formula is C44H36Cl2Fe2NiP2. The maximum atomic E-state index is 9.21. The van der Waals surface area contributed by atoms with E-state index < -0.39 is 23.6 Å². The van der Waals surface area contributed by atoms with Crippen molar-refractivity contribution < 1.29 is 23.6 Å². The van der Waals surface area contributed by atoms with E-state index in [1.807, 2.05) is 0 Å². The topological polar surface area (TPSA) is 0 Å². The minimum absolute atomic E-state index is 0.330. The molecule has 24 rings (SSSR count). The molecule has 51 heavy (non-hydrogen) atoms. The Labute approximate surface area is 291 Å². The van der Waals surface area contributed by atoms with Crippen molar-refractivity contribution in [2.75, 3.05) is 0 Å². The van der Waals surface area contributed by atoms with Crippen LogP contribution in [0.25, 0.3) is 0 Å². The summed E-state index contributed by atoms with van der Waals surface area (Å²) in [6.45, 7) is -8.30. The van der Waals surface area contributed by atoms with Crippen LogP contribution in [-0.2, 0) is 23.6 Å². The van der Waals surface area contributed by atoms with Gasteiger partial charge in [0.15, 0.2) is 0 Å². The summed E-state index contributed by atoms with van der Waals surface area (Å²) in [5, 5.41) is 6.89. The van der Waals surface area contributed by atoms with Crippen molar-refractivity contribution in [3.8, 4) is 0 Å². The monoisotopic (exact) mass is 866 g/mol. The van der Waals surface area contributed by atoms with E-state index >= 15 is 0 Å². The van der Waals surface area contributed by atoms with Gasteiger partial charge in [-0.3, -0.25) is 0 Å². The average Bonchev–Trinajstić information content (AvgIpc) is 4.03. The van der Waals surface area contributed by atoms with E-state index in [0.717, 1.165) is 27.4 Å². The van der Waals surface area contributed by atoms with E-state index in [1.165, 1.54) is 57.8 Å². The van der Waals surface area contributed by atoms with Gasteiger partial charge in [-0.15, -0.1) is 0 Å². The zero-order chi connectivity index (χ0) is 32.0. The Morgan fingerprint density at radius 1 is 0.373 bits per heavy atom. The number of rotatable bonds is 8. The van der Waals surface area contributed by atoms with Gasteiger partial charge < -0.3 is 0 Å².